The normalized spacial score (nSPS) is 11.0. The molecule has 1 amide bonds. The minimum Gasteiger partial charge on any atom is -0.494 e. The first kappa shape index (κ1) is 21.3. The van der Waals surface area contributed by atoms with E-state index in [1.807, 2.05) is 6.92 Å². The molecule has 0 aliphatic carbocycles. The van der Waals surface area contributed by atoms with Gasteiger partial charge in [0.15, 0.2) is 0 Å². The van der Waals surface area contributed by atoms with Crippen LogP contribution in [0.15, 0.2) is 77.7 Å². The maximum Gasteiger partial charge on any atom is 0.261 e. The molecule has 6 nitrogen and oxygen atoms in total. The molecule has 156 valence electrons. The van der Waals surface area contributed by atoms with Crippen LogP contribution in [0.5, 0.6) is 5.75 Å². The summed E-state index contributed by atoms with van der Waals surface area (Å²) >= 11 is 0. The fraction of sp³-hybridized carbons (Fsp3) is 0.136. The highest BCUT2D eigenvalue weighted by Gasteiger charge is 2.15. The van der Waals surface area contributed by atoms with Gasteiger partial charge < -0.3 is 10.1 Å². The van der Waals surface area contributed by atoms with Crippen molar-refractivity contribution >= 4 is 21.6 Å². The number of anilines is 1. The van der Waals surface area contributed by atoms with E-state index in [-0.39, 0.29) is 23.2 Å². The van der Waals surface area contributed by atoms with Crippen LogP contribution in [0.25, 0.3) is 0 Å². The second-order valence-electron chi connectivity index (χ2n) is 6.40. The van der Waals surface area contributed by atoms with Crippen LogP contribution < -0.4 is 14.8 Å². The fourth-order valence-corrected chi connectivity index (χ4v) is 3.73. The molecule has 0 bridgehead atoms. The first-order chi connectivity index (χ1) is 14.4. The van der Waals surface area contributed by atoms with Gasteiger partial charge in [0.05, 0.1) is 11.5 Å². The van der Waals surface area contributed by atoms with Gasteiger partial charge in [0, 0.05) is 17.8 Å². The largest absolute Gasteiger partial charge is 0.494 e. The van der Waals surface area contributed by atoms with Gasteiger partial charge in [-0.25, -0.2) is 12.8 Å². The Labute approximate surface area is 174 Å². The predicted molar refractivity (Wildman–Crippen MR) is 112 cm³/mol. The van der Waals surface area contributed by atoms with Crippen molar-refractivity contribution in [2.24, 2.45) is 0 Å². The summed E-state index contributed by atoms with van der Waals surface area (Å²) in [6, 6.07) is 18.0. The van der Waals surface area contributed by atoms with Gasteiger partial charge in [0.25, 0.3) is 15.9 Å². The third kappa shape index (κ3) is 5.57. The molecule has 0 aliphatic heterocycles. The highest BCUT2D eigenvalue weighted by Crippen LogP contribution is 2.20. The number of carbonyl (C=O) groups excluding carboxylic acids is 1. The van der Waals surface area contributed by atoms with Crippen LogP contribution in [0.3, 0.4) is 0 Å². The van der Waals surface area contributed by atoms with E-state index in [4.69, 9.17) is 4.74 Å². The monoisotopic (exact) mass is 428 g/mol. The summed E-state index contributed by atoms with van der Waals surface area (Å²) in [5.74, 6) is -0.0556. The summed E-state index contributed by atoms with van der Waals surface area (Å²) in [4.78, 5) is 12.3. The molecule has 0 spiro atoms. The molecule has 0 aliphatic rings. The predicted octanol–water partition coefficient (Wildman–Crippen LogP) is 3.96. The molecule has 0 saturated carbocycles. The van der Waals surface area contributed by atoms with E-state index < -0.39 is 10.0 Å². The van der Waals surface area contributed by atoms with Crippen molar-refractivity contribution < 1.29 is 22.3 Å². The van der Waals surface area contributed by atoms with E-state index >= 15 is 0 Å². The van der Waals surface area contributed by atoms with Gasteiger partial charge >= 0.3 is 0 Å². The molecule has 0 fully saturated rings. The van der Waals surface area contributed by atoms with Crippen molar-refractivity contribution in [1.82, 2.24) is 5.32 Å². The van der Waals surface area contributed by atoms with E-state index in [9.17, 15) is 17.6 Å². The minimum atomic E-state index is -3.80. The highest BCUT2D eigenvalue weighted by molar-refractivity contribution is 7.92. The third-order valence-corrected chi connectivity index (χ3v) is 5.61. The highest BCUT2D eigenvalue weighted by atomic mass is 32.2. The molecule has 0 atom stereocenters. The summed E-state index contributed by atoms with van der Waals surface area (Å²) in [5, 5.41) is 2.71. The molecule has 0 unspecified atom stereocenters. The molecule has 30 heavy (non-hydrogen) atoms. The van der Waals surface area contributed by atoms with Crippen LogP contribution in [0, 0.1) is 5.82 Å². The molecular formula is C22H21FN2O4S. The number of ether oxygens (including phenoxy) is 1. The summed E-state index contributed by atoms with van der Waals surface area (Å²) in [7, 11) is -3.80. The number of rotatable bonds is 8. The number of halogens is 1. The lowest BCUT2D eigenvalue weighted by Gasteiger charge is -2.10. The van der Waals surface area contributed by atoms with Crippen molar-refractivity contribution in [2.75, 3.05) is 11.3 Å². The van der Waals surface area contributed by atoms with Crippen molar-refractivity contribution in [3.8, 4) is 5.75 Å². The summed E-state index contributed by atoms with van der Waals surface area (Å²) in [6.45, 7) is 2.62. The molecular weight excluding hydrogens is 407 g/mol. The second-order valence-corrected chi connectivity index (χ2v) is 8.08. The maximum atomic E-state index is 12.9. The minimum absolute atomic E-state index is 0.0338. The van der Waals surface area contributed by atoms with Crippen LogP contribution in [-0.4, -0.2) is 20.9 Å². The standard InChI is InChI=1S/C22H21FN2O4S/c1-2-29-20-11-9-19(10-12-20)25-30(27,28)21-13-5-17(6-14-21)22(26)24-15-16-3-7-18(23)8-4-16/h3-14,25H,2,15H2,1H3,(H,24,26). The molecule has 0 aromatic heterocycles. The zero-order valence-electron chi connectivity index (χ0n) is 16.3. The molecule has 0 saturated heterocycles. The molecule has 3 rings (SSSR count). The van der Waals surface area contributed by atoms with Crippen LogP contribution in [0.2, 0.25) is 0 Å². The number of hydrogen-bond donors (Lipinski definition) is 2. The van der Waals surface area contributed by atoms with Gasteiger partial charge in [-0.1, -0.05) is 12.1 Å². The average Bonchev–Trinajstić information content (AvgIpc) is 2.74. The van der Waals surface area contributed by atoms with Crippen LogP contribution in [0.4, 0.5) is 10.1 Å². The number of nitrogens with one attached hydrogen (secondary N) is 2. The summed E-state index contributed by atoms with van der Waals surface area (Å²) < 4.78 is 45.9. The van der Waals surface area contributed by atoms with Gasteiger partial charge in [0.1, 0.15) is 11.6 Å². The zero-order valence-corrected chi connectivity index (χ0v) is 17.1. The van der Waals surface area contributed by atoms with Gasteiger partial charge in [0.2, 0.25) is 0 Å². The smallest absolute Gasteiger partial charge is 0.261 e. The zero-order chi connectivity index (χ0) is 21.6. The van der Waals surface area contributed by atoms with Crippen LogP contribution in [0.1, 0.15) is 22.8 Å². The van der Waals surface area contributed by atoms with E-state index in [0.717, 1.165) is 5.56 Å². The fourth-order valence-electron chi connectivity index (χ4n) is 2.67. The summed E-state index contributed by atoms with van der Waals surface area (Å²) in [6.07, 6.45) is 0. The molecule has 3 aromatic carbocycles. The Balaban J connectivity index is 1.63. The SMILES string of the molecule is CCOc1ccc(NS(=O)(=O)c2ccc(C(=O)NCc3ccc(F)cc3)cc2)cc1. The molecule has 0 heterocycles. The Kier molecular flexibility index (Phi) is 6.68. The Hall–Kier alpha value is -3.39. The lowest BCUT2D eigenvalue weighted by Crippen LogP contribution is -2.23. The van der Waals surface area contributed by atoms with E-state index in [1.165, 1.54) is 36.4 Å². The Bertz CT molecular complexity index is 1100. The Morgan fingerprint density at radius 3 is 2.17 bits per heavy atom. The van der Waals surface area contributed by atoms with Crippen LogP contribution in [-0.2, 0) is 16.6 Å². The van der Waals surface area contributed by atoms with Gasteiger partial charge in [-0.05, 0) is 73.2 Å². The lowest BCUT2D eigenvalue weighted by molar-refractivity contribution is 0.0951. The van der Waals surface area contributed by atoms with E-state index in [1.54, 1.807) is 36.4 Å². The van der Waals surface area contributed by atoms with E-state index in [2.05, 4.69) is 10.0 Å². The van der Waals surface area contributed by atoms with Crippen molar-refractivity contribution in [1.29, 1.82) is 0 Å². The van der Waals surface area contributed by atoms with Crippen molar-refractivity contribution in [3.63, 3.8) is 0 Å². The van der Waals surface area contributed by atoms with Gasteiger partial charge in [-0.2, -0.15) is 0 Å². The average molecular weight is 428 g/mol. The van der Waals surface area contributed by atoms with Crippen molar-refractivity contribution in [3.05, 3.63) is 89.7 Å². The summed E-state index contributed by atoms with van der Waals surface area (Å²) in [5.41, 5.74) is 1.47. The number of hydrogen-bond acceptors (Lipinski definition) is 4. The van der Waals surface area contributed by atoms with E-state index in [0.29, 0.717) is 23.6 Å². The maximum absolute atomic E-state index is 12.9. The number of benzene rings is 3. The van der Waals surface area contributed by atoms with Crippen LogP contribution >= 0.6 is 0 Å². The van der Waals surface area contributed by atoms with Gasteiger partial charge in [-0.3, -0.25) is 9.52 Å². The Morgan fingerprint density at radius 1 is 0.933 bits per heavy atom. The molecule has 8 heteroatoms. The first-order valence-electron chi connectivity index (χ1n) is 9.26. The molecule has 3 aromatic rings. The second kappa shape index (κ2) is 9.41. The van der Waals surface area contributed by atoms with Crippen molar-refractivity contribution in [2.45, 2.75) is 18.4 Å². The van der Waals surface area contributed by atoms with Gasteiger partial charge in [-0.15, -0.1) is 0 Å². The topological polar surface area (TPSA) is 84.5 Å². The quantitative estimate of drug-likeness (QED) is 0.569. The molecule has 0 radical (unpaired) electrons. The third-order valence-electron chi connectivity index (χ3n) is 4.21. The number of amides is 1. The first-order valence-corrected chi connectivity index (χ1v) is 10.7. The number of sulfonamides is 1. The lowest BCUT2D eigenvalue weighted by atomic mass is 10.2. The number of carbonyl (C=O) groups is 1. The Morgan fingerprint density at radius 2 is 1.57 bits per heavy atom. The molecule has 2 N–H and O–H groups in total.